The molecule has 1 aromatic carbocycles. The number of aromatic nitrogens is 2. The zero-order valence-corrected chi connectivity index (χ0v) is 16.9. The first kappa shape index (κ1) is 19.7. The summed E-state index contributed by atoms with van der Waals surface area (Å²) in [5, 5.41) is 3.13. The maximum absolute atomic E-state index is 12.9. The van der Waals surface area contributed by atoms with Gasteiger partial charge in [0.15, 0.2) is 16.3 Å². The van der Waals surface area contributed by atoms with Gasteiger partial charge >= 0.3 is 5.97 Å². The van der Waals surface area contributed by atoms with Gasteiger partial charge in [-0.2, -0.15) is 0 Å². The van der Waals surface area contributed by atoms with Crippen LogP contribution in [0.5, 0.6) is 11.5 Å². The molecule has 1 aliphatic heterocycles. The van der Waals surface area contributed by atoms with Gasteiger partial charge in [-0.15, -0.1) is 0 Å². The standard InChI is InChI=1S/C19H22N4O4S/c1-5-27-18(24)12-9(2)21-17-14(16(20)22-19(28)23-17)13(12)10-7-6-8-11(25-3)15(10)26-4/h6-8,13H,5H2,1-4H3,(H4,20,21,22,23,28). The summed E-state index contributed by atoms with van der Waals surface area (Å²) in [6.45, 7) is 3.79. The van der Waals surface area contributed by atoms with Gasteiger partial charge in [-0.3, -0.25) is 0 Å². The van der Waals surface area contributed by atoms with Crippen molar-refractivity contribution in [2.75, 3.05) is 31.9 Å². The number of carbonyl (C=O) groups excluding carboxylic acids is 1. The van der Waals surface area contributed by atoms with Crippen molar-refractivity contribution in [2.45, 2.75) is 19.8 Å². The minimum atomic E-state index is -0.584. The molecule has 0 fully saturated rings. The third kappa shape index (κ3) is 3.29. The highest BCUT2D eigenvalue weighted by atomic mass is 32.1. The number of anilines is 2. The monoisotopic (exact) mass is 402 g/mol. The van der Waals surface area contributed by atoms with Crippen LogP contribution >= 0.6 is 12.2 Å². The highest BCUT2D eigenvalue weighted by molar-refractivity contribution is 7.71. The molecule has 0 saturated heterocycles. The number of nitrogens with one attached hydrogen (secondary N) is 2. The van der Waals surface area contributed by atoms with Crippen LogP contribution in [0.3, 0.4) is 0 Å². The molecule has 148 valence electrons. The van der Waals surface area contributed by atoms with Crippen LogP contribution in [0.2, 0.25) is 0 Å². The molecule has 3 rings (SSSR count). The van der Waals surface area contributed by atoms with Crippen LogP contribution in [-0.4, -0.2) is 36.8 Å². The molecule has 2 aromatic rings. The number of methoxy groups -OCH3 is 2. The first-order valence-corrected chi connectivity index (χ1v) is 9.09. The number of esters is 1. The Hall–Kier alpha value is -3.07. The van der Waals surface area contributed by atoms with E-state index in [0.717, 1.165) is 0 Å². The first-order valence-electron chi connectivity index (χ1n) is 8.68. The van der Waals surface area contributed by atoms with Gasteiger partial charge in [-0.1, -0.05) is 12.1 Å². The van der Waals surface area contributed by atoms with E-state index in [1.54, 1.807) is 34.1 Å². The van der Waals surface area contributed by atoms with Gasteiger partial charge in [-0.25, -0.2) is 9.78 Å². The maximum atomic E-state index is 12.9. The van der Waals surface area contributed by atoms with Crippen molar-refractivity contribution in [2.24, 2.45) is 0 Å². The molecule has 0 spiro atoms. The van der Waals surface area contributed by atoms with Gasteiger partial charge < -0.3 is 30.2 Å². The van der Waals surface area contributed by atoms with E-state index in [-0.39, 0.29) is 11.4 Å². The van der Waals surface area contributed by atoms with Crippen LogP contribution < -0.4 is 20.5 Å². The topological polar surface area (TPSA) is 111 Å². The fourth-order valence-corrected chi connectivity index (χ4v) is 3.62. The molecule has 8 nitrogen and oxygen atoms in total. The van der Waals surface area contributed by atoms with Crippen molar-refractivity contribution in [1.82, 2.24) is 9.97 Å². The summed E-state index contributed by atoms with van der Waals surface area (Å²) in [7, 11) is 3.10. The quantitative estimate of drug-likeness (QED) is 0.517. The third-order valence-electron chi connectivity index (χ3n) is 4.53. The number of ether oxygens (including phenoxy) is 3. The lowest BCUT2D eigenvalue weighted by Gasteiger charge is -2.31. The zero-order valence-electron chi connectivity index (χ0n) is 16.1. The Balaban J connectivity index is 2.35. The number of fused-ring (bicyclic) bond motifs is 1. The summed E-state index contributed by atoms with van der Waals surface area (Å²) in [5.41, 5.74) is 8.58. The lowest BCUT2D eigenvalue weighted by molar-refractivity contribution is -0.138. The van der Waals surface area contributed by atoms with Gasteiger partial charge in [0.1, 0.15) is 11.6 Å². The lowest BCUT2D eigenvalue weighted by Crippen LogP contribution is -2.27. The molecule has 0 amide bonds. The maximum Gasteiger partial charge on any atom is 0.336 e. The SMILES string of the molecule is CCOC(=O)C1=C(C)Nc2nc(=S)[nH]c(N)c2C1c1cccc(OC)c1OC. The van der Waals surface area contributed by atoms with Crippen molar-refractivity contribution in [3.05, 3.63) is 45.4 Å². The molecule has 28 heavy (non-hydrogen) atoms. The van der Waals surface area contributed by atoms with E-state index >= 15 is 0 Å². The number of allylic oxidation sites excluding steroid dienone is 1. The number of nitrogen functional groups attached to an aromatic ring is 1. The number of benzene rings is 1. The molecule has 0 radical (unpaired) electrons. The van der Waals surface area contributed by atoms with E-state index in [1.807, 2.05) is 12.1 Å². The van der Waals surface area contributed by atoms with Crippen LogP contribution in [0.25, 0.3) is 0 Å². The molecule has 2 heterocycles. The average Bonchev–Trinajstić information content (AvgIpc) is 2.65. The van der Waals surface area contributed by atoms with Crippen molar-refractivity contribution < 1.29 is 19.0 Å². The predicted molar refractivity (Wildman–Crippen MR) is 108 cm³/mol. The molecular formula is C19H22N4O4S. The summed E-state index contributed by atoms with van der Waals surface area (Å²) in [4.78, 5) is 20.1. The summed E-state index contributed by atoms with van der Waals surface area (Å²) >= 11 is 5.15. The lowest BCUT2D eigenvalue weighted by atomic mass is 9.81. The molecule has 9 heteroatoms. The number of carbonyl (C=O) groups is 1. The van der Waals surface area contributed by atoms with E-state index in [9.17, 15) is 4.79 Å². The summed E-state index contributed by atoms with van der Waals surface area (Å²) in [5.74, 6) is 0.804. The predicted octanol–water partition coefficient (Wildman–Crippen LogP) is 3.13. The molecule has 0 saturated carbocycles. The Bertz CT molecular complexity index is 1020. The van der Waals surface area contributed by atoms with Crippen molar-refractivity contribution >= 4 is 29.8 Å². The average molecular weight is 402 g/mol. The van der Waals surface area contributed by atoms with Crippen LogP contribution in [0.1, 0.15) is 30.9 Å². The van der Waals surface area contributed by atoms with Crippen LogP contribution in [0, 0.1) is 4.77 Å². The van der Waals surface area contributed by atoms with Gasteiger partial charge in [-0.05, 0) is 32.1 Å². The van der Waals surface area contributed by atoms with E-state index in [2.05, 4.69) is 15.3 Å². The number of nitrogens with two attached hydrogens (primary N) is 1. The minimum absolute atomic E-state index is 0.243. The molecular weight excluding hydrogens is 380 g/mol. The highest BCUT2D eigenvalue weighted by Crippen LogP contribution is 2.48. The molecule has 0 bridgehead atoms. The van der Waals surface area contributed by atoms with Crippen LogP contribution in [-0.2, 0) is 9.53 Å². The fraction of sp³-hybridized carbons (Fsp3) is 0.316. The Kier molecular flexibility index (Phi) is 5.55. The minimum Gasteiger partial charge on any atom is -0.493 e. The van der Waals surface area contributed by atoms with Crippen LogP contribution in [0.15, 0.2) is 29.5 Å². The largest absolute Gasteiger partial charge is 0.493 e. The van der Waals surface area contributed by atoms with E-state index < -0.39 is 11.9 Å². The Labute approximate surface area is 167 Å². The Morgan fingerprint density at radius 2 is 2.07 bits per heavy atom. The number of nitrogens with zero attached hydrogens (tertiary/aromatic N) is 1. The summed E-state index contributed by atoms with van der Waals surface area (Å²) < 4.78 is 16.6. The molecule has 1 unspecified atom stereocenters. The van der Waals surface area contributed by atoms with Crippen molar-refractivity contribution in [1.29, 1.82) is 0 Å². The molecule has 1 atom stereocenters. The number of rotatable bonds is 5. The van der Waals surface area contributed by atoms with E-state index in [1.165, 1.54) is 0 Å². The normalized spacial score (nSPS) is 15.5. The molecule has 4 N–H and O–H groups in total. The van der Waals surface area contributed by atoms with Gasteiger partial charge in [0.25, 0.3) is 0 Å². The molecule has 1 aromatic heterocycles. The number of hydrogen-bond donors (Lipinski definition) is 3. The smallest absolute Gasteiger partial charge is 0.336 e. The second-order valence-corrected chi connectivity index (χ2v) is 6.50. The van der Waals surface area contributed by atoms with Gasteiger partial charge in [0, 0.05) is 16.8 Å². The number of hydrogen-bond acceptors (Lipinski definition) is 8. The molecule has 1 aliphatic rings. The zero-order chi connectivity index (χ0) is 20.4. The van der Waals surface area contributed by atoms with Gasteiger partial charge in [0.2, 0.25) is 0 Å². The number of aromatic amines is 1. The van der Waals surface area contributed by atoms with E-state index in [4.69, 9.17) is 32.2 Å². The fourth-order valence-electron chi connectivity index (χ4n) is 3.42. The third-order valence-corrected chi connectivity index (χ3v) is 4.72. The highest BCUT2D eigenvalue weighted by Gasteiger charge is 2.37. The van der Waals surface area contributed by atoms with Crippen molar-refractivity contribution in [3.63, 3.8) is 0 Å². The molecule has 0 aliphatic carbocycles. The number of para-hydroxylation sites is 1. The van der Waals surface area contributed by atoms with Crippen LogP contribution in [0.4, 0.5) is 11.6 Å². The second-order valence-electron chi connectivity index (χ2n) is 6.12. The Morgan fingerprint density at radius 1 is 1.32 bits per heavy atom. The summed E-state index contributed by atoms with van der Waals surface area (Å²) in [6, 6.07) is 5.46. The first-order chi connectivity index (χ1) is 13.4. The summed E-state index contributed by atoms with van der Waals surface area (Å²) in [6.07, 6.45) is 0. The number of H-pyrrole nitrogens is 1. The van der Waals surface area contributed by atoms with Crippen molar-refractivity contribution in [3.8, 4) is 11.5 Å². The second kappa shape index (κ2) is 7.89. The Morgan fingerprint density at radius 3 is 2.71 bits per heavy atom. The van der Waals surface area contributed by atoms with E-state index in [0.29, 0.717) is 45.5 Å². The van der Waals surface area contributed by atoms with Gasteiger partial charge in [0.05, 0.1) is 32.3 Å².